The molecule has 75 heavy (non-hydrogen) atoms. The minimum atomic E-state index is -1.52. The van der Waals surface area contributed by atoms with Gasteiger partial charge in [0.1, 0.15) is 13.2 Å². The number of carbonyl (C=O) groups is 3. The molecule has 2 atom stereocenters. The molecule has 0 spiro atoms. The number of carboxylic acid groups (broad SMARTS) is 1. The molecule has 0 aliphatic heterocycles. The molecule has 9 nitrogen and oxygen atoms in total. The SMILES string of the molecule is CC/C=C\C/C=C\C/C=C\C/C=C\C/C=C\C/C=C\CCCCCCCCC(=O)OC(COC(=O)CCCCCCCCCCCCCCCCCCCCCCCCCCC)COC(OCC[N+](C)(C)C)C(=O)O. The normalized spacial score (nSPS) is 13.2. The van der Waals surface area contributed by atoms with E-state index in [4.69, 9.17) is 18.9 Å². The van der Waals surface area contributed by atoms with Crippen molar-refractivity contribution in [3.63, 3.8) is 0 Å². The van der Waals surface area contributed by atoms with Crippen molar-refractivity contribution in [2.45, 2.75) is 283 Å². The van der Waals surface area contributed by atoms with E-state index in [9.17, 15) is 19.5 Å². The fourth-order valence-electron chi connectivity index (χ4n) is 8.72. The van der Waals surface area contributed by atoms with Gasteiger partial charge in [0.05, 0.1) is 34.4 Å². The van der Waals surface area contributed by atoms with Gasteiger partial charge in [0.25, 0.3) is 6.29 Å². The standard InChI is InChI=1S/C66H117NO8/c1-6-8-10-12-14-16-18-20-22-24-26-28-30-32-34-36-38-40-42-44-46-48-50-52-54-56-63(68)73-60-62(61-74-66(65(70)71)72-59-58-67(3,4)5)75-64(69)57-55-53-51-49-47-45-43-41-39-37-35-33-31-29-27-25-23-21-19-17-15-13-11-9-7-2/h9,11,15,17,21,23,27,29,33,35,39,41,62,66H,6-8,10,12-14,16,18-20,22,24-26,28,30-32,34,36-38,40,42-61H2,1-5H3/p+1/b11-9-,17-15-,23-21-,29-27-,35-33-,41-39-. The van der Waals surface area contributed by atoms with E-state index in [-0.39, 0.29) is 32.2 Å². The summed E-state index contributed by atoms with van der Waals surface area (Å²) in [6, 6.07) is 0. The van der Waals surface area contributed by atoms with Crippen molar-refractivity contribution in [1.29, 1.82) is 0 Å². The van der Waals surface area contributed by atoms with Crippen LogP contribution in [0.4, 0.5) is 0 Å². The van der Waals surface area contributed by atoms with Crippen LogP contribution in [-0.2, 0) is 33.3 Å². The molecule has 0 aliphatic carbocycles. The first-order chi connectivity index (χ1) is 36.6. The highest BCUT2D eigenvalue weighted by molar-refractivity contribution is 5.71. The number of nitrogens with zero attached hydrogens (tertiary/aromatic N) is 1. The summed E-state index contributed by atoms with van der Waals surface area (Å²) >= 11 is 0. The summed E-state index contributed by atoms with van der Waals surface area (Å²) in [4.78, 5) is 37.5. The van der Waals surface area contributed by atoms with E-state index in [0.29, 0.717) is 23.9 Å². The number of allylic oxidation sites excluding steroid dienone is 12. The Bertz CT molecular complexity index is 1460. The lowest BCUT2D eigenvalue weighted by atomic mass is 10.0. The van der Waals surface area contributed by atoms with Crippen LogP contribution in [0.2, 0.25) is 0 Å². The molecular weight excluding hydrogens is 935 g/mol. The van der Waals surface area contributed by atoms with Gasteiger partial charge in [-0.2, -0.15) is 0 Å². The maximum Gasteiger partial charge on any atom is 0.361 e. The fraction of sp³-hybridized carbons (Fsp3) is 0.773. The molecular formula is C66H118NO8+. The summed E-state index contributed by atoms with van der Waals surface area (Å²) in [5.74, 6) is -2.02. The van der Waals surface area contributed by atoms with Crippen LogP contribution in [0.3, 0.4) is 0 Å². The Hall–Kier alpha value is -3.27. The van der Waals surface area contributed by atoms with E-state index in [0.717, 1.165) is 96.3 Å². The minimum absolute atomic E-state index is 0.183. The molecule has 0 rings (SSSR count). The van der Waals surface area contributed by atoms with Crippen molar-refractivity contribution >= 4 is 17.9 Å². The van der Waals surface area contributed by atoms with E-state index in [2.05, 4.69) is 86.8 Å². The first-order valence-electron chi connectivity index (χ1n) is 31.1. The zero-order chi connectivity index (χ0) is 54.8. The zero-order valence-electron chi connectivity index (χ0n) is 49.4. The van der Waals surface area contributed by atoms with Gasteiger partial charge in [0.15, 0.2) is 6.10 Å². The second-order valence-electron chi connectivity index (χ2n) is 22.0. The maximum atomic E-state index is 12.9. The maximum absolute atomic E-state index is 12.9. The number of ether oxygens (including phenoxy) is 4. The molecule has 0 aromatic heterocycles. The van der Waals surface area contributed by atoms with Gasteiger partial charge in [0, 0.05) is 12.8 Å². The van der Waals surface area contributed by atoms with Gasteiger partial charge < -0.3 is 28.5 Å². The van der Waals surface area contributed by atoms with Gasteiger partial charge in [-0.1, -0.05) is 267 Å². The number of hydrogen-bond acceptors (Lipinski definition) is 7. The number of likely N-dealkylation sites (N-methyl/N-ethyl adjacent to an activating group) is 1. The summed E-state index contributed by atoms with van der Waals surface area (Å²) in [5.41, 5.74) is 0. The molecule has 0 amide bonds. The lowest BCUT2D eigenvalue weighted by molar-refractivity contribution is -0.870. The van der Waals surface area contributed by atoms with Crippen molar-refractivity contribution in [3.05, 3.63) is 72.9 Å². The number of unbranched alkanes of at least 4 members (excludes halogenated alkanes) is 30. The molecule has 0 saturated carbocycles. The Kier molecular flexibility index (Phi) is 54.4. The first kappa shape index (κ1) is 71.7. The third kappa shape index (κ3) is 58.3. The smallest absolute Gasteiger partial charge is 0.361 e. The van der Waals surface area contributed by atoms with Gasteiger partial charge >= 0.3 is 17.9 Å². The molecule has 0 aromatic rings. The molecule has 0 fully saturated rings. The van der Waals surface area contributed by atoms with Crippen LogP contribution in [0, 0.1) is 0 Å². The van der Waals surface area contributed by atoms with Gasteiger partial charge in [-0.15, -0.1) is 0 Å². The Morgan fingerprint density at radius 2 is 0.760 bits per heavy atom. The summed E-state index contributed by atoms with van der Waals surface area (Å²) in [6.07, 6.45) is 71.3. The molecule has 9 heteroatoms. The topological polar surface area (TPSA) is 108 Å². The highest BCUT2D eigenvalue weighted by atomic mass is 16.7. The van der Waals surface area contributed by atoms with Gasteiger partial charge in [-0.05, 0) is 64.2 Å². The predicted octanol–water partition coefficient (Wildman–Crippen LogP) is 18.6. The number of rotatable bonds is 57. The van der Waals surface area contributed by atoms with Crippen molar-refractivity contribution in [2.24, 2.45) is 0 Å². The second kappa shape index (κ2) is 56.9. The molecule has 0 saturated heterocycles. The molecule has 2 unspecified atom stereocenters. The Morgan fingerprint density at radius 1 is 0.413 bits per heavy atom. The number of esters is 2. The highest BCUT2D eigenvalue weighted by Gasteiger charge is 2.25. The summed E-state index contributed by atoms with van der Waals surface area (Å²) in [5, 5.41) is 9.72. The van der Waals surface area contributed by atoms with Crippen molar-refractivity contribution in [1.82, 2.24) is 0 Å². The molecule has 434 valence electrons. The second-order valence-corrected chi connectivity index (χ2v) is 22.0. The van der Waals surface area contributed by atoms with Crippen molar-refractivity contribution in [3.8, 4) is 0 Å². The molecule has 0 aromatic carbocycles. The summed E-state index contributed by atoms with van der Waals surface area (Å²) in [7, 11) is 5.97. The van der Waals surface area contributed by atoms with E-state index in [1.165, 1.54) is 141 Å². The summed E-state index contributed by atoms with van der Waals surface area (Å²) < 4.78 is 22.9. The van der Waals surface area contributed by atoms with Gasteiger partial charge in [0.2, 0.25) is 0 Å². The third-order valence-corrected chi connectivity index (χ3v) is 13.5. The van der Waals surface area contributed by atoms with E-state index >= 15 is 0 Å². The minimum Gasteiger partial charge on any atom is -0.477 e. The monoisotopic (exact) mass is 1050 g/mol. The van der Waals surface area contributed by atoms with Crippen LogP contribution in [0.15, 0.2) is 72.9 Å². The van der Waals surface area contributed by atoms with E-state index in [1.54, 1.807) is 0 Å². The molecule has 0 aliphatic rings. The molecule has 0 heterocycles. The fourth-order valence-corrected chi connectivity index (χ4v) is 8.72. The first-order valence-corrected chi connectivity index (χ1v) is 31.1. The number of quaternary nitrogens is 1. The predicted molar refractivity (Wildman–Crippen MR) is 318 cm³/mol. The van der Waals surface area contributed by atoms with Crippen molar-refractivity contribution in [2.75, 3.05) is 47.5 Å². The van der Waals surface area contributed by atoms with Crippen LogP contribution in [0.5, 0.6) is 0 Å². The molecule has 0 radical (unpaired) electrons. The quantitative estimate of drug-likeness (QED) is 0.0211. The number of carbonyl (C=O) groups excluding carboxylic acids is 2. The van der Waals surface area contributed by atoms with Crippen LogP contribution < -0.4 is 0 Å². The van der Waals surface area contributed by atoms with Gasteiger partial charge in [-0.25, -0.2) is 4.79 Å². The largest absolute Gasteiger partial charge is 0.477 e. The van der Waals surface area contributed by atoms with Crippen LogP contribution in [-0.4, -0.2) is 87.4 Å². The number of aliphatic carboxylic acids is 1. The third-order valence-electron chi connectivity index (χ3n) is 13.5. The average Bonchev–Trinajstić information content (AvgIpc) is 3.38. The number of hydrogen-bond donors (Lipinski definition) is 1. The Morgan fingerprint density at radius 3 is 1.13 bits per heavy atom. The zero-order valence-corrected chi connectivity index (χ0v) is 49.4. The van der Waals surface area contributed by atoms with Gasteiger partial charge in [-0.3, -0.25) is 9.59 Å². The van der Waals surface area contributed by atoms with E-state index in [1.807, 2.05) is 21.1 Å². The van der Waals surface area contributed by atoms with Crippen LogP contribution in [0.1, 0.15) is 271 Å². The summed E-state index contributed by atoms with van der Waals surface area (Å²) in [6.45, 7) is 4.78. The molecule has 0 bridgehead atoms. The molecule has 1 N–H and O–H groups in total. The van der Waals surface area contributed by atoms with Crippen LogP contribution in [0.25, 0.3) is 0 Å². The van der Waals surface area contributed by atoms with E-state index < -0.39 is 24.3 Å². The Labute approximate surface area is 462 Å². The lowest BCUT2D eigenvalue weighted by Crippen LogP contribution is -2.40. The Balaban J connectivity index is 4.23. The van der Waals surface area contributed by atoms with Crippen LogP contribution >= 0.6 is 0 Å². The highest BCUT2D eigenvalue weighted by Crippen LogP contribution is 2.17. The van der Waals surface area contributed by atoms with Crippen molar-refractivity contribution < 1.29 is 42.9 Å². The average molecular weight is 1050 g/mol. The number of carboxylic acids is 1. The lowest BCUT2D eigenvalue weighted by Gasteiger charge is -2.25.